The van der Waals surface area contributed by atoms with Crippen molar-refractivity contribution in [1.29, 1.82) is 0 Å². The van der Waals surface area contributed by atoms with E-state index in [0.717, 1.165) is 23.7 Å². The van der Waals surface area contributed by atoms with Crippen LogP contribution in [0.25, 0.3) is 10.8 Å². The van der Waals surface area contributed by atoms with E-state index in [1.54, 1.807) is 10.9 Å². The molecule has 5 heteroatoms. The first kappa shape index (κ1) is 13.7. The van der Waals surface area contributed by atoms with Gasteiger partial charge in [0, 0.05) is 22.8 Å². The van der Waals surface area contributed by atoms with Gasteiger partial charge >= 0.3 is 0 Å². The predicted octanol–water partition coefficient (Wildman–Crippen LogP) is 3.03. The van der Waals surface area contributed by atoms with Gasteiger partial charge in [-0.15, -0.1) is 11.3 Å². The topological polar surface area (TPSA) is 38.1 Å². The van der Waals surface area contributed by atoms with E-state index in [2.05, 4.69) is 28.4 Å². The number of rotatable bonds is 2. The minimum absolute atomic E-state index is 0.0126. The second-order valence-corrected chi connectivity index (χ2v) is 6.72. The van der Waals surface area contributed by atoms with Gasteiger partial charge in [-0.2, -0.15) is 5.10 Å². The molecule has 112 valence electrons. The summed E-state index contributed by atoms with van der Waals surface area (Å²) in [5.74, 6) is 0. The Morgan fingerprint density at radius 3 is 3.09 bits per heavy atom. The highest BCUT2D eigenvalue weighted by Crippen LogP contribution is 2.32. The van der Waals surface area contributed by atoms with Crippen molar-refractivity contribution in [3.05, 3.63) is 62.7 Å². The van der Waals surface area contributed by atoms with E-state index >= 15 is 0 Å². The third kappa shape index (κ3) is 2.17. The molecule has 0 radical (unpaired) electrons. The van der Waals surface area contributed by atoms with Gasteiger partial charge in [-0.1, -0.05) is 18.2 Å². The lowest BCUT2D eigenvalue weighted by molar-refractivity contribution is 0.142. The molecular weight excluding hydrogens is 294 g/mol. The van der Waals surface area contributed by atoms with Crippen LogP contribution in [0, 0.1) is 0 Å². The maximum Gasteiger partial charge on any atom is 0.275 e. The highest BCUT2D eigenvalue weighted by atomic mass is 32.1. The van der Waals surface area contributed by atoms with Gasteiger partial charge < -0.3 is 0 Å². The minimum atomic E-state index is -0.0126. The predicted molar refractivity (Wildman–Crippen MR) is 89.1 cm³/mol. The van der Waals surface area contributed by atoms with E-state index in [1.165, 1.54) is 10.4 Å². The molecule has 3 aromatic rings. The summed E-state index contributed by atoms with van der Waals surface area (Å²) >= 11 is 1.83. The molecule has 1 unspecified atom stereocenters. The molecular formula is C17H17N3OS. The van der Waals surface area contributed by atoms with Gasteiger partial charge in [-0.05, 0) is 36.4 Å². The van der Waals surface area contributed by atoms with Crippen LogP contribution >= 0.6 is 11.3 Å². The first-order chi connectivity index (χ1) is 10.7. The molecule has 4 nitrogen and oxygen atoms in total. The fourth-order valence-corrected chi connectivity index (χ4v) is 4.12. The molecule has 1 aliphatic rings. The second kappa shape index (κ2) is 5.34. The molecule has 0 saturated carbocycles. The van der Waals surface area contributed by atoms with Crippen molar-refractivity contribution in [1.82, 2.24) is 14.7 Å². The minimum Gasteiger partial charge on any atom is -0.277 e. The average Bonchev–Trinajstić information content (AvgIpc) is 3.02. The van der Waals surface area contributed by atoms with Crippen LogP contribution in [0.3, 0.4) is 0 Å². The zero-order valence-corrected chi connectivity index (χ0v) is 13.2. The lowest BCUT2D eigenvalue weighted by Crippen LogP contribution is -2.38. The highest BCUT2D eigenvalue weighted by molar-refractivity contribution is 7.10. The Hall–Kier alpha value is -1.98. The maximum absolute atomic E-state index is 12.6. The second-order valence-electron chi connectivity index (χ2n) is 5.72. The van der Waals surface area contributed by atoms with E-state index in [9.17, 15) is 4.79 Å². The van der Waals surface area contributed by atoms with Crippen molar-refractivity contribution in [3.8, 4) is 0 Å². The molecule has 22 heavy (non-hydrogen) atoms. The van der Waals surface area contributed by atoms with Crippen molar-refractivity contribution in [3.63, 3.8) is 0 Å². The summed E-state index contributed by atoms with van der Waals surface area (Å²) in [4.78, 5) is 16.4. The van der Waals surface area contributed by atoms with Crippen LogP contribution in [0.2, 0.25) is 0 Å². The van der Waals surface area contributed by atoms with Crippen molar-refractivity contribution < 1.29 is 0 Å². The molecule has 0 spiro atoms. The Balaban J connectivity index is 1.67. The summed E-state index contributed by atoms with van der Waals surface area (Å²) in [7, 11) is 0. The molecule has 0 bridgehead atoms. The van der Waals surface area contributed by atoms with E-state index in [4.69, 9.17) is 0 Å². The lowest BCUT2D eigenvalue weighted by atomic mass is 10.0. The van der Waals surface area contributed by atoms with Gasteiger partial charge in [0.05, 0.1) is 18.3 Å². The van der Waals surface area contributed by atoms with Crippen LogP contribution in [-0.2, 0) is 13.1 Å². The normalized spacial score (nSPS) is 18.5. The van der Waals surface area contributed by atoms with E-state index in [-0.39, 0.29) is 5.56 Å². The molecule has 4 rings (SSSR count). The molecule has 1 atom stereocenters. The Kier molecular flexibility index (Phi) is 3.32. The zero-order valence-electron chi connectivity index (χ0n) is 12.4. The summed E-state index contributed by atoms with van der Waals surface area (Å²) in [5.41, 5.74) is 1.38. The van der Waals surface area contributed by atoms with Crippen molar-refractivity contribution >= 4 is 22.1 Å². The summed E-state index contributed by atoms with van der Waals surface area (Å²) < 4.78 is 1.58. The smallest absolute Gasteiger partial charge is 0.275 e. The maximum atomic E-state index is 12.6. The number of benzene rings is 1. The van der Waals surface area contributed by atoms with Crippen LogP contribution in [0.15, 0.2) is 46.7 Å². The van der Waals surface area contributed by atoms with Crippen LogP contribution in [-0.4, -0.2) is 21.2 Å². The van der Waals surface area contributed by atoms with Crippen LogP contribution < -0.4 is 5.56 Å². The van der Waals surface area contributed by atoms with Gasteiger partial charge in [-0.3, -0.25) is 9.69 Å². The fourth-order valence-electron chi connectivity index (χ4n) is 3.16. The molecule has 1 aromatic carbocycles. The fraction of sp³-hybridized carbons (Fsp3) is 0.294. The van der Waals surface area contributed by atoms with Crippen molar-refractivity contribution in [2.45, 2.75) is 26.1 Å². The van der Waals surface area contributed by atoms with Crippen molar-refractivity contribution in [2.75, 3.05) is 6.54 Å². The van der Waals surface area contributed by atoms with E-state index in [1.807, 2.05) is 35.6 Å². The molecule has 3 heterocycles. The number of fused-ring (bicyclic) bond motifs is 2. The average molecular weight is 311 g/mol. The summed E-state index contributed by atoms with van der Waals surface area (Å²) in [5, 5.41) is 8.13. The van der Waals surface area contributed by atoms with Gasteiger partial charge in [-0.25, -0.2) is 4.68 Å². The van der Waals surface area contributed by atoms with Crippen molar-refractivity contribution in [2.24, 2.45) is 0 Å². The quantitative estimate of drug-likeness (QED) is 0.730. The van der Waals surface area contributed by atoms with E-state index in [0.29, 0.717) is 12.7 Å². The van der Waals surface area contributed by atoms with Gasteiger partial charge in [0.1, 0.15) is 0 Å². The first-order valence-electron chi connectivity index (χ1n) is 7.49. The molecule has 0 amide bonds. The number of hydrogen-bond donors (Lipinski definition) is 0. The molecule has 0 fully saturated rings. The molecule has 0 aliphatic carbocycles. The zero-order chi connectivity index (χ0) is 15.1. The molecule has 2 aromatic heterocycles. The molecule has 0 N–H and O–H groups in total. The highest BCUT2D eigenvalue weighted by Gasteiger charge is 2.25. The van der Waals surface area contributed by atoms with Crippen LogP contribution in [0.4, 0.5) is 0 Å². The van der Waals surface area contributed by atoms with Gasteiger partial charge in [0.15, 0.2) is 0 Å². The summed E-state index contributed by atoms with van der Waals surface area (Å²) in [6.07, 6.45) is 2.83. The monoisotopic (exact) mass is 311 g/mol. The summed E-state index contributed by atoms with van der Waals surface area (Å²) in [6.45, 7) is 3.71. The largest absolute Gasteiger partial charge is 0.277 e. The number of hydrogen-bond acceptors (Lipinski definition) is 4. The van der Waals surface area contributed by atoms with Gasteiger partial charge in [0.2, 0.25) is 0 Å². The van der Waals surface area contributed by atoms with Gasteiger partial charge in [0.25, 0.3) is 5.56 Å². The number of thiophene rings is 1. The first-order valence-corrected chi connectivity index (χ1v) is 8.37. The molecule has 0 saturated heterocycles. The Morgan fingerprint density at radius 1 is 1.32 bits per heavy atom. The number of nitrogens with zero attached hydrogens (tertiary/aromatic N) is 3. The SMILES string of the molecule is CC1c2ccsc2CCN1Cn1ncc2ccccc2c1=O. The van der Waals surface area contributed by atoms with Crippen LogP contribution in [0.1, 0.15) is 23.4 Å². The number of aromatic nitrogens is 2. The molecule has 1 aliphatic heterocycles. The Bertz CT molecular complexity index is 883. The standard InChI is InChI=1S/C17H17N3OS/c1-12-14-7-9-22-16(14)6-8-19(12)11-20-17(21)15-5-3-2-4-13(15)10-18-20/h2-5,7,9-10,12H,6,8,11H2,1H3. The summed E-state index contributed by atoms with van der Waals surface area (Å²) in [6, 6.07) is 10.2. The van der Waals surface area contributed by atoms with E-state index < -0.39 is 0 Å². The third-order valence-electron chi connectivity index (χ3n) is 4.48. The Labute approximate surface area is 132 Å². The lowest BCUT2D eigenvalue weighted by Gasteiger charge is -2.33. The van der Waals surface area contributed by atoms with Crippen LogP contribution in [0.5, 0.6) is 0 Å². The Morgan fingerprint density at radius 2 is 2.18 bits per heavy atom. The third-order valence-corrected chi connectivity index (χ3v) is 5.48.